The molecule has 0 spiro atoms. The molecule has 0 aliphatic carbocycles. The van der Waals surface area contributed by atoms with Crippen LogP contribution in [0.1, 0.15) is 19.4 Å². The fourth-order valence-corrected chi connectivity index (χ4v) is 5.34. The van der Waals surface area contributed by atoms with Gasteiger partial charge in [0, 0.05) is 19.2 Å². The maximum absolute atomic E-state index is 13.3. The van der Waals surface area contributed by atoms with Gasteiger partial charge in [-0.2, -0.15) is 4.31 Å². The van der Waals surface area contributed by atoms with Gasteiger partial charge in [0.1, 0.15) is 11.6 Å². The maximum atomic E-state index is 13.3. The normalized spacial score (nSPS) is 12.4. The summed E-state index contributed by atoms with van der Waals surface area (Å²) in [6, 6.07) is 5.93. The second-order valence-electron chi connectivity index (χ2n) is 5.78. The molecular weight excluding hydrogens is 398 g/mol. The Hall–Kier alpha value is -2.04. The molecule has 0 unspecified atom stereocenters. The number of nitrogens with one attached hydrogen (secondary N) is 1. The van der Waals surface area contributed by atoms with Gasteiger partial charge in [0.2, 0.25) is 10.0 Å². The van der Waals surface area contributed by atoms with Gasteiger partial charge in [-0.25, -0.2) is 25.6 Å². The summed E-state index contributed by atoms with van der Waals surface area (Å²) in [5, 5.41) is 0. The van der Waals surface area contributed by atoms with Crippen LogP contribution in [0, 0.1) is 18.6 Å². The summed E-state index contributed by atoms with van der Waals surface area (Å²) in [5.41, 5.74) is 0.414. The molecule has 2 aromatic rings. The highest BCUT2D eigenvalue weighted by atomic mass is 32.2. The minimum Gasteiger partial charge on any atom is -0.280 e. The maximum Gasteiger partial charge on any atom is 0.262 e. The lowest BCUT2D eigenvalue weighted by molar-refractivity contribution is 0.445. The molecule has 0 saturated heterocycles. The summed E-state index contributed by atoms with van der Waals surface area (Å²) in [4.78, 5) is -0.648. The van der Waals surface area contributed by atoms with Crippen LogP contribution in [-0.4, -0.2) is 34.2 Å². The highest BCUT2D eigenvalue weighted by Gasteiger charge is 2.25. The van der Waals surface area contributed by atoms with E-state index in [4.69, 9.17) is 0 Å². The molecule has 0 aromatic heterocycles. The van der Waals surface area contributed by atoms with Crippen LogP contribution in [-0.2, 0) is 20.0 Å². The van der Waals surface area contributed by atoms with E-state index in [0.29, 0.717) is 23.8 Å². The smallest absolute Gasteiger partial charge is 0.262 e. The highest BCUT2D eigenvalue weighted by Crippen LogP contribution is 2.25. The largest absolute Gasteiger partial charge is 0.280 e. The van der Waals surface area contributed by atoms with Gasteiger partial charge in [0.25, 0.3) is 10.0 Å². The second kappa shape index (κ2) is 7.91. The first-order chi connectivity index (χ1) is 12.5. The fraction of sp³-hybridized carbons (Fsp3) is 0.294. The van der Waals surface area contributed by atoms with Gasteiger partial charge >= 0.3 is 0 Å². The Balaban J connectivity index is 2.47. The van der Waals surface area contributed by atoms with Crippen LogP contribution in [0.5, 0.6) is 0 Å². The number of anilines is 1. The first-order valence-corrected chi connectivity index (χ1v) is 11.0. The standard InChI is InChI=1S/C17H20F2N2O4S2/c1-4-21(5-2)27(24,25)17-11-15(7-6-12(17)3)20-26(22,23)16-9-13(18)8-14(19)10-16/h6-11,20H,4-5H2,1-3H3. The third-order valence-corrected chi connectivity index (χ3v) is 7.46. The van der Waals surface area contributed by atoms with Crippen molar-refractivity contribution in [2.24, 2.45) is 0 Å². The van der Waals surface area contributed by atoms with Gasteiger partial charge in [-0.05, 0) is 36.8 Å². The third-order valence-electron chi connectivity index (χ3n) is 3.91. The quantitative estimate of drug-likeness (QED) is 0.749. The van der Waals surface area contributed by atoms with E-state index in [9.17, 15) is 25.6 Å². The predicted octanol–water partition coefficient (Wildman–Crippen LogP) is 3.10. The molecule has 0 fully saturated rings. The van der Waals surface area contributed by atoms with E-state index in [-0.39, 0.29) is 23.7 Å². The number of halogens is 2. The number of aryl methyl sites for hydroxylation is 1. The molecule has 2 aromatic carbocycles. The number of nitrogens with zero attached hydrogens (tertiary/aromatic N) is 1. The van der Waals surface area contributed by atoms with Crippen LogP contribution in [0.3, 0.4) is 0 Å². The second-order valence-corrected chi connectivity index (χ2v) is 9.37. The Morgan fingerprint density at radius 1 is 0.926 bits per heavy atom. The van der Waals surface area contributed by atoms with E-state index < -0.39 is 36.6 Å². The molecule has 0 heterocycles. The summed E-state index contributed by atoms with van der Waals surface area (Å²) >= 11 is 0. The van der Waals surface area contributed by atoms with Crippen molar-refractivity contribution >= 4 is 25.7 Å². The Morgan fingerprint density at radius 3 is 2.00 bits per heavy atom. The first kappa shape index (κ1) is 21.3. The topological polar surface area (TPSA) is 83.6 Å². The Kier molecular flexibility index (Phi) is 6.23. The average molecular weight is 418 g/mol. The molecule has 0 saturated carbocycles. The third kappa shape index (κ3) is 4.63. The van der Waals surface area contributed by atoms with Crippen molar-refractivity contribution < 1.29 is 25.6 Å². The highest BCUT2D eigenvalue weighted by molar-refractivity contribution is 7.92. The summed E-state index contributed by atoms with van der Waals surface area (Å²) in [5.74, 6) is -2.08. The summed E-state index contributed by atoms with van der Waals surface area (Å²) in [7, 11) is -8.11. The molecule has 27 heavy (non-hydrogen) atoms. The number of benzene rings is 2. The Bertz CT molecular complexity index is 1030. The Labute approximate surface area is 157 Å². The van der Waals surface area contributed by atoms with Crippen molar-refractivity contribution in [1.82, 2.24) is 4.31 Å². The monoisotopic (exact) mass is 418 g/mol. The zero-order valence-corrected chi connectivity index (χ0v) is 16.7. The van der Waals surface area contributed by atoms with E-state index >= 15 is 0 Å². The lowest BCUT2D eigenvalue weighted by Gasteiger charge is -2.20. The van der Waals surface area contributed by atoms with Gasteiger partial charge in [-0.1, -0.05) is 19.9 Å². The molecule has 0 radical (unpaired) electrons. The SMILES string of the molecule is CCN(CC)S(=O)(=O)c1cc(NS(=O)(=O)c2cc(F)cc(F)c2)ccc1C. The average Bonchev–Trinajstić information content (AvgIpc) is 2.56. The van der Waals surface area contributed by atoms with Crippen molar-refractivity contribution in [3.63, 3.8) is 0 Å². The molecule has 0 bridgehead atoms. The minimum atomic E-state index is -4.30. The van der Waals surface area contributed by atoms with Crippen molar-refractivity contribution in [3.05, 3.63) is 53.6 Å². The van der Waals surface area contributed by atoms with Crippen LogP contribution in [0.2, 0.25) is 0 Å². The van der Waals surface area contributed by atoms with E-state index in [2.05, 4.69) is 4.72 Å². The molecular formula is C17H20F2N2O4S2. The molecule has 0 aliphatic rings. The predicted molar refractivity (Wildman–Crippen MR) is 98.5 cm³/mol. The number of hydrogen-bond donors (Lipinski definition) is 1. The van der Waals surface area contributed by atoms with Crippen molar-refractivity contribution in [1.29, 1.82) is 0 Å². The minimum absolute atomic E-state index is 0.0315. The van der Waals surface area contributed by atoms with E-state index in [1.54, 1.807) is 20.8 Å². The van der Waals surface area contributed by atoms with Gasteiger partial charge in [-0.15, -0.1) is 0 Å². The zero-order valence-electron chi connectivity index (χ0n) is 15.0. The van der Waals surface area contributed by atoms with Gasteiger partial charge < -0.3 is 0 Å². The lowest BCUT2D eigenvalue weighted by atomic mass is 10.2. The van der Waals surface area contributed by atoms with Gasteiger partial charge in [0.05, 0.1) is 15.5 Å². The van der Waals surface area contributed by atoms with Crippen LogP contribution < -0.4 is 4.72 Å². The Morgan fingerprint density at radius 2 is 1.48 bits per heavy atom. The van der Waals surface area contributed by atoms with Crippen LogP contribution in [0.25, 0.3) is 0 Å². The van der Waals surface area contributed by atoms with Crippen molar-refractivity contribution in [3.8, 4) is 0 Å². The summed E-state index contributed by atoms with van der Waals surface area (Å²) in [6.07, 6.45) is 0. The van der Waals surface area contributed by atoms with Gasteiger partial charge in [-0.3, -0.25) is 4.72 Å². The molecule has 148 valence electrons. The molecule has 0 atom stereocenters. The van der Waals surface area contributed by atoms with E-state index in [1.165, 1.54) is 22.5 Å². The van der Waals surface area contributed by atoms with Crippen LogP contribution in [0.4, 0.5) is 14.5 Å². The number of hydrogen-bond acceptors (Lipinski definition) is 4. The van der Waals surface area contributed by atoms with Crippen molar-refractivity contribution in [2.45, 2.75) is 30.6 Å². The zero-order chi connectivity index (χ0) is 20.4. The first-order valence-electron chi connectivity index (χ1n) is 8.11. The molecule has 0 amide bonds. The van der Waals surface area contributed by atoms with Crippen LogP contribution >= 0.6 is 0 Å². The van der Waals surface area contributed by atoms with Crippen molar-refractivity contribution in [2.75, 3.05) is 17.8 Å². The molecule has 10 heteroatoms. The molecule has 6 nitrogen and oxygen atoms in total. The van der Waals surface area contributed by atoms with E-state index in [0.717, 1.165) is 0 Å². The number of sulfonamides is 2. The molecule has 0 aliphatic heterocycles. The van der Waals surface area contributed by atoms with Crippen LogP contribution in [0.15, 0.2) is 46.2 Å². The summed E-state index contributed by atoms with van der Waals surface area (Å²) in [6.45, 7) is 5.51. The molecule has 1 N–H and O–H groups in total. The van der Waals surface area contributed by atoms with Gasteiger partial charge in [0.15, 0.2) is 0 Å². The molecule has 2 rings (SSSR count). The fourth-order valence-electron chi connectivity index (χ4n) is 2.54. The number of rotatable bonds is 7. The summed E-state index contributed by atoms with van der Waals surface area (Å²) < 4.78 is 80.3. The van der Waals surface area contributed by atoms with E-state index in [1.807, 2.05) is 0 Å². The lowest BCUT2D eigenvalue weighted by Crippen LogP contribution is -2.31.